The molecule has 1 atom stereocenters. The first-order valence-corrected chi connectivity index (χ1v) is 10.8. The van der Waals surface area contributed by atoms with E-state index in [1.165, 1.54) is 5.56 Å². The minimum Gasteiger partial charge on any atom is -0.394 e. The van der Waals surface area contributed by atoms with Gasteiger partial charge in [0.05, 0.1) is 29.4 Å². The van der Waals surface area contributed by atoms with Crippen LogP contribution in [-0.2, 0) is 6.42 Å². The molecule has 0 fully saturated rings. The van der Waals surface area contributed by atoms with Gasteiger partial charge in [-0.2, -0.15) is 0 Å². The van der Waals surface area contributed by atoms with E-state index in [1.54, 1.807) is 0 Å². The molecule has 156 valence electrons. The van der Waals surface area contributed by atoms with Crippen molar-refractivity contribution >= 4 is 16.9 Å². The highest BCUT2D eigenvalue weighted by molar-refractivity contribution is 5.86. The second kappa shape index (κ2) is 8.95. The van der Waals surface area contributed by atoms with Crippen LogP contribution in [0.1, 0.15) is 69.3 Å². The van der Waals surface area contributed by atoms with Crippen molar-refractivity contribution in [3.8, 4) is 11.3 Å². The molecule has 0 bridgehead atoms. The van der Waals surface area contributed by atoms with Crippen LogP contribution in [-0.4, -0.2) is 33.3 Å². The first-order valence-electron chi connectivity index (χ1n) is 10.8. The predicted octanol–water partition coefficient (Wildman–Crippen LogP) is 5.47. The molecule has 3 aromatic rings. The maximum Gasteiger partial charge on any atom is 0.135 e. The summed E-state index contributed by atoms with van der Waals surface area (Å²) in [7, 11) is 1.92. The lowest BCUT2D eigenvalue weighted by molar-refractivity contribution is 0.223. The van der Waals surface area contributed by atoms with Gasteiger partial charge in [0.15, 0.2) is 0 Å². The van der Waals surface area contributed by atoms with Crippen LogP contribution in [0.2, 0.25) is 0 Å². The zero-order chi connectivity index (χ0) is 21.1. The summed E-state index contributed by atoms with van der Waals surface area (Å²) in [5.41, 5.74) is 7.54. The van der Waals surface area contributed by atoms with Gasteiger partial charge in [0.25, 0.3) is 0 Å². The molecule has 0 spiro atoms. The molecule has 29 heavy (non-hydrogen) atoms. The quantitative estimate of drug-likeness (QED) is 0.532. The molecule has 0 amide bonds. The number of aryl methyl sites for hydroxylation is 2. The van der Waals surface area contributed by atoms with E-state index in [4.69, 9.17) is 9.97 Å². The molecule has 0 aliphatic rings. The Hall–Kier alpha value is -2.40. The van der Waals surface area contributed by atoms with Crippen LogP contribution in [0.4, 0.5) is 5.82 Å². The van der Waals surface area contributed by atoms with Crippen LogP contribution in [0.5, 0.6) is 0 Å². The van der Waals surface area contributed by atoms with Crippen molar-refractivity contribution in [3.63, 3.8) is 0 Å². The van der Waals surface area contributed by atoms with Crippen molar-refractivity contribution in [1.29, 1.82) is 0 Å². The first-order chi connectivity index (χ1) is 13.9. The van der Waals surface area contributed by atoms with E-state index in [2.05, 4.69) is 68.9 Å². The predicted molar refractivity (Wildman–Crippen MR) is 122 cm³/mol. The number of hydrogen-bond donors (Lipinski definition) is 2. The highest BCUT2D eigenvalue weighted by Crippen LogP contribution is 2.34. The van der Waals surface area contributed by atoms with Crippen LogP contribution >= 0.6 is 0 Å². The summed E-state index contributed by atoms with van der Waals surface area (Å²) in [6, 6.07) is 6.58. The van der Waals surface area contributed by atoms with Gasteiger partial charge in [-0.15, -0.1) is 0 Å². The fourth-order valence-electron chi connectivity index (χ4n) is 4.00. The Morgan fingerprint density at radius 2 is 1.93 bits per heavy atom. The number of aliphatic hydroxyl groups excluding tert-OH is 1. The van der Waals surface area contributed by atoms with Gasteiger partial charge in [-0.3, -0.25) is 0 Å². The zero-order valence-electron chi connectivity index (χ0n) is 18.6. The van der Waals surface area contributed by atoms with Gasteiger partial charge >= 0.3 is 0 Å². The maximum absolute atomic E-state index is 9.92. The van der Waals surface area contributed by atoms with E-state index in [-0.39, 0.29) is 12.6 Å². The number of hydrogen-bond acceptors (Lipinski definition) is 4. The van der Waals surface area contributed by atoms with Crippen LogP contribution in [0.3, 0.4) is 0 Å². The topological polar surface area (TPSA) is 63.0 Å². The van der Waals surface area contributed by atoms with Crippen LogP contribution in [0.15, 0.2) is 24.4 Å². The summed E-state index contributed by atoms with van der Waals surface area (Å²) >= 11 is 0. The molecule has 3 aromatic heterocycles. The first kappa shape index (κ1) is 21.3. The number of pyridine rings is 2. The molecule has 3 heterocycles. The average molecular weight is 395 g/mol. The second-order valence-corrected chi connectivity index (χ2v) is 8.10. The fourth-order valence-corrected chi connectivity index (χ4v) is 4.00. The number of aliphatic hydroxyl groups is 1. The van der Waals surface area contributed by atoms with Crippen molar-refractivity contribution in [2.45, 2.75) is 65.8 Å². The van der Waals surface area contributed by atoms with Crippen molar-refractivity contribution in [1.82, 2.24) is 14.5 Å². The van der Waals surface area contributed by atoms with Gasteiger partial charge in [-0.1, -0.05) is 34.1 Å². The Morgan fingerprint density at radius 1 is 1.17 bits per heavy atom. The Balaban J connectivity index is 2.21. The van der Waals surface area contributed by atoms with E-state index >= 15 is 0 Å². The average Bonchev–Trinajstić information content (AvgIpc) is 3.05. The second-order valence-electron chi connectivity index (χ2n) is 8.10. The molecule has 0 radical (unpaired) electrons. The third-order valence-electron chi connectivity index (χ3n) is 5.67. The van der Waals surface area contributed by atoms with Crippen LogP contribution in [0.25, 0.3) is 22.3 Å². The van der Waals surface area contributed by atoms with Crippen molar-refractivity contribution < 1.29 is 5.11 Å². The van der Waals surface area contributed by atoms with Gasteiger partial charge < -0.3 is 15.0 Å². The van der Waals surface area contributed by atoms with E-state index in [0.29, 0.717) is 5.92 Å². The summed E-state index contributed by atoms with van der Waals surface area (Å²) < 4.78 is 2.21. The fraction of sp³-hybridized carbons (Fsp3) is 0.500. The molecule has 0 aromatic carbocycles. The summed E-state index contributed by atoms with van der Waals surface area (Å²) in [5, 5.41) is 13.2. The monoisotopic (exact) mass is 394 g/mol. The van der Waals surface area contributed by atoms with Gasteiger partial charge in [-0.25, -0.2) is 9.97 Å². The Kier molecular flexibility index (Phi) is 6.58. The molecule has 0 aliphatic heterocycles. The molecule has 0 aliphatic carbocycles. The zero-order valence-corrected chi connectivity index (χ0v) is 18.6. The molecule has 0 saturated carbocycles. The highest BCUT2D eigenvalue weighted by Gasteiger charge is 2.19. The van der Waals surface area contributed by atoms with E-state index in [0.717, 1.165) is 58.6 Å². The van der Waals surface area contributed by atoms with E-state index < -0.39 is 0 Å². The smallest absolute Gasteiger partial charge is 0.135 e. The largest absolute Gasteiger partial charge is 0.394 e. The maximum atomic E-state index is 9.92. The number of aromatic nitrogens is 3. The summed E-state index contributed by atoms with van der Waals surface area (Å²) in [6.45, 7) is 10.9. The number of fused-ring (bicyclic) bond motifs is 1. The highest BCUT2D eigenvalue weighted by atomic mass is 16.3. The molecule has 0 saturated heterocycles. The van der Waals surface area contributed by atoms with Crippen LogP contribution in [0, 0.1) is 6.92 Å². The third kappa shape index (κ3) is 4.01. The summed E-state index contributed by atoms with van der Waals surface area (Å²) in [6.07, 6.45) is 5.01. The molecule has 2 N–H and O–H groups in total. The summed E-state index contributed by atoms with van der Waals surface area (Å²) in [4.78, 5) is 9.94. The molecule has 0 unspecified atom stereocenters. The summed E-state index contributed by atoms with van der Waals surface area (Å²) in [5.74, 6) is 1.25. The minimum atomic E-state index is 0.0911. The van der Waals surface area contributed by atoms with Gasteiger partial charge in [0.2, 0.25) is 0 Å². The normalized spacial score (nSPS) is 12.7. The molecule has 5 heteroatoms. The molecule has 5 nitrogen and oxygen atoms in total. The Bertz CT molecular complexity index is 990. The van der Waals surface area contributed by atoms with Gasteiger partial charge in [-0.05, 0) is 55.0 Å². The van der Waals surface area contributed by atoms with E-state index in [9.17, 15) is 5.11 Å². The van der Waals surface area contributed by atoms with Crippen molar-refractivity contribution in [2.24, 2.45) is 0 Å². The number of rotatable bonds is 8. The number of anilines is 1. The SMILES string of the molecule is CCC[C@H](CO)n1cc(C)c2nc(-c3ccc(C(C)C)nc3NC)c(CC)cc21. The lowest BCUT2D eigenvalue weighted by atomic mass is 10.0. The standard InChI is InChI=1S/C24H34N4O/c1-7-9-18(14-29)28-13-16(5)22-21(28)12-17(8-2)23(27-22)19-10-11-20(15(3)4)26-24(19)25-6/h10-13,15,18,29H,7-9,14H2,1-6H3,(H,25,26)/t18-/m1/s1. The van der Waals surface area contributed by atoms with Crippen LogP contribution < -0.4 is 5.32 Å². The van der Waals surface area contributed by atoms with Crippen molar-refractivity contribution in [2.75, 3.05) is 19.0 Å². The Morgan fingerprint density at radius 3 is 2.52 bits per heavy atom. The molecule has 3 rings (SSSR count). The van der Waals surface area contributed by atoms with Gasteiger partial charge in [0, 0.05) is 24.5 Å². The third-order valence-corrected chi connectivity index (χ3v) is 5.67. The lowest BCUT2D eigenvalue weighted by Gasteiger charge is -2.18. The van der Waals surface area contributed by atoms with Crippen molar-refractivity contribution in [3.05, 3.63) is 41.2 Å². The minimum absolute atomic E-state index is 0.0911. The number of nitrogens with zero attached hydrogens (tertiary/aromatic N) is 3. The Labute approximate surface area is 174 Å². The molecular formula is C24H34N4O. The van der Waals surface area contributed by atoms with Gasteiger partial charge in [0.1, 0.15) is 5.82 Å². The van der Waals surface area contributed by atoms with E-state index in [1.807, 2.05) is 7.05 Å². The lowest BCUT2D eigenvalue weighted by Crippen LogP contribution is -2.12. The molecular weight excluding hydrogens is 360 g/mol. The number of nitrogens with one attached hydrogen (secondary N) is 1.